The molecule has 0 saturated heterocycles. The molecular formula is C15H18FN3O2. The van der Waals surface area contributed by atoms with Gasteiger partial charge in [0.05, 0.1) is 25.2 Å². The van der Waals surface area contributed by atoms with Gasteiger partial charge in [-0.05, 0) is 30.9 Å². The van der Waals surface area contributed by atoms with Crippen LogP contribution in [0.5, 0.6) is 0 Å². The number of ether oxygens (including phenoxy) is 1. The number of nitrogens with two attached hydrogens (primary N) is 1. The van der Waals surface area contributed by atoms with Crippen molar-refractivity contribution >= 4 is 0 Å². The molecule has 1 aliphatic carbocycles. The van der Waals surface area contributed by atoms with E-state index in [9.17, 15) is 4.39 Å². The first-order valence-corrected chi connectivity index (χ1v) is 7.15. The molecule has 1 heterocycles. The van der Waals surface area contributed by atoms with Crippen LogP contribution in [0.15, 0.2) is 28.8 Å². The van der Waals surface area contributed by atoms with E-state index in [0.717, 1.165) is 12.8 Å². The highest BCUT2D eigenvalue weighted by molar-refractivity contribution is 5.20. The topological polar surface area (TPSA) is 74.2 Å². The van der Waals surface area contributed by atoms with Gasteiger partial charge in [0.1, 0.15) is 5.82 Å². The lowest BCUT2D eigenvalue weighted by Gasteiger charge is -2.26. The number of benzene rings is 1. The number of hydrogen-bond donors (Lipinski definition) is 1. The van der Waals surface area contributed by atoms with E-state index in [2.05, 4.69) is 10.1 Å². The van der Waals surface area contributed by atoms with Crippen LogP contribution in [-0.4, -0.2) is 22.9 Å². The molecule has 112 valence electrons. The van der Waals surface area contributed by atoms with E-state index in [-0.39, 0.29) is 12.2 Å². The maximum Gasteiger partial charge on any atom is 0.231 e. The van der Waals surface area contributed by atoms with E-state index in [1.165, 1.54) is 12.5 Å². The average Bonchev–Trinajstić information content (AvgIpc) is 2.88. The van der Waals surface area contributed by atoms with Crippen LogP contribution in [0, 0.1) is 5.82 Å². The Hall–Kier alpha value is -1.79. The summed E-state index contributed by atoms with van der Waals surface area (Å²) < 4.78 is 24.3. The lowest BCUT2D eigenvalue weighted by atomic mass is 9.96. The van der Waals surface area contributed by atoms with Crippen molar-refractivity contribution in [2.24, 2.45) is 5.73 Å². The molecule has 2 N–H and O–H groups in total. The summed E-state index contributed by atoms with van der Waals surface area (Å²) in [6.07, 6.45) is 3.99. The normalized spacial score (nSPS) is 16.7. The van der Waals surface area contributed by atoms with E-state index in [4.69, 9.17) is 15.0 Å². The Kier molecular flexibility index (Phi) is 4.26. The van der Waals surface area contributed by atoms with Crippen molar-refractivity contribution in [3.05, 3.63) is 47.4 Å². The molecule has 0 amide bonds. The van der Waals surface area contributed by atoms with Crippen molar-refractivity contribution in [3.8, 4) is 0 Å². The van der Waals surface area contributed by atoms with E-state index < -0.39 is 6.04 Å². The highest BCUT2D eigenvalue weighted by Gasteiger charge is 2.21. The predicted octanol–water partition coefficient (Wildman–Crippen LogP) is 2.37. The summed E-state index contributed by atoms with van der Waals surface area (Å²) in [6, 6.07) is 6.10. The molecular weight excluding hydrogens is 273 g/mol. The lowest BCUT2D eigenvalue weighted by Crippen LogP contribution is -2.27. The highest BCUT2D eigenvalue weighted by Crippen LogP contribution is 2.23. The van der Waals surface area contributed by atoms with E-state index in [0.29, 0.717) is 30.0 Å². The van der Waals surface area contributed by atoms with Crippen LogP contribution in [0.1, 0.15) is 42.6 Å². The van der Waals surface area contributed by atoms with Gasteiger partial charge in [0.15, 0.2) is 5.82 Å². The maximum atomic E-state index is 13.6. The van der Waals surface area contributed by atoms with E-state index in [1.54, 1.807) is 18.2 Å². The number of rotatable bonds is 6. The second-order valence-electron chi connectivity index (χ2n) is 5.31. The van der Waals surface area contributed by atoms with Gasteiger partial charge in [0.2, 0.25) is 5.89 Å². The number of aromatic nitrogens is 2. The summed E-state index contributed by atoms with van der Waals surface area (Å²) in [5, 5.41) is 3.85. The highest BCUT2D eigenvalue weighted by atomic mass is 19.1. The monoisotopic (exact) mass is 291 g/mol. The zero-order valence-electron chi connectivity index (χ0n) is 11.7. The van der Waals surface area contributed by atoms with Crippen molar-refractivity contribution in [2.75, 3.05) is 6.61 Å². The number of hydrogen-bond acceptors (Lipinski definition) is 5. The third kappa shape index (κ3) is 3.46. The smallest absolute Gasteiger partial charge is 0.231 e. The van der Waals surface area contributed by atoms with E-state index in [1.807, 2.05) is 0 Å². The molecule has 1 fully saturated rings. The Balaban J connectivity index is 1.58. The predicted molar refractivity (Wildman–Crippen MR) is 74.0 cm³/mol. The Labute approximate surface area is 122 Å². The summed E-state index contributed by atoms with van der Waals surface area (Å²) in [6.45, 7) is 0.378. The van der Waals surface area contributed by atoms with Crippen molar-refractivity contribution < 1.29 is 13.7 Å². The molecule has 1 atom stereocenters. The molecule has 2 aromatic rings. The summed E-state index contributed by atoms with van der Waals surface area (Å²) in [5.41, 5.74) is 6.49. The number of nitrogens with zero attached hydrogens (tertiary/aromatic N) is 2. The zero-order valence-corrected chi connectivity index (χ0v) is 11.7. The molecule has 6 heteroatoms. The number of halogens is 1. The van der Waals surface area contributed by atoms with Gasteiger partial charge in [-0.25, -0.2) is 4.39 Å². The van der Waals surface area contributed by atoms with Gasteiger partial charge in [0.25, 0.3) is 0 Å². The van der Waals surface area contributed by atoms with Crippen LogP contribution in [0.25, 0.3) is 0 Å². The van der Waals surface area contributed by atoms with Crippen molar-refractivity contribution in [1.82, 2.24) is 10.1 Å². The molecule has 1 unspecified atom stereocenters. The second kappa shape index (κ2) is 6.32. The van der Waals surface area contributed by atoms with Crippen molar-refractivity contribution in [3.63, 3.8) is 0 Å². The lowest BCUT2D eigenvalue weighted by molar-refractivity contribution is -0.00549. The largest absolute Gasteiger partial charge is 0.376 e. The van der Waals surface area contributed by atoms with Gasteiger partial charge in [-0.2, -0.15) is 4.98 Å². The Bertz CT molecular complexity index is 598. The summed E-state index contributed by atoms with van der Waals surface area (Å²) in [7, 11) is 0. The minimum Gasteiger partial charge on any atom is -0.376 e. The average molecular weight is 291 g/mol. The minimum atomic E-state index is -0.413. The van der Waals surface area contributed by atoms with E-state index >= 15 is 0 Å². The Morgan fingerprint density at radius 1 is 1.38 bits per heavy atom. The van der Waals surface area contributed by atoms with Crippen LogP contribution >= 0.6 is 0 Å². The first-order chi connectivity index (χ1) is 10.2. The molecule has 0 aliphatic heterocycles. The molecule has 0 bridgehead atoms. The van der Waals surface area contributed by atoms with Crippen LogP contribution in [-0.2, 0) is 11.2 Å². The quantitative estimate of drug-likeness (QED) is 0.884. The third-order valence-electron chi connectivity index (χ3n) is 3.68. The van der Waals surface area contributed by atoms with Gasteiger partial charge >= 0.3 is 0 Å². The molecule has 1 aromatic carbocycles. The van der Waals surface area contributed by atoms with Crippen LogP contribution in [0.2, 0.25) is 0 Å². The Morgan fingerprint density at radius 2 is 2.19 bits per heavy atom. The van der Waals surface area contributed by atoms with Gasteiger partial charge in [-0.15, -0.1) is 0 Å². The van der Waals surface area contributed by atoms with Gasteiger partial charge in [-0.3, -0.25) is 0 Å². The second-order valence-corrected chi connectivity index (χ2v) is 5.31. The molecule has 1 aliphatic rings. The van der Waals surface area contributed by atoms with Crippen molar-refractivity contribution in [2.45, 2.75) is 37.8 Å². The molecule has 1 saturated carbocycles. The fourth-order valence-electron chi connectivity index (χ4n) is 2.15. The fourth-order valence-corrected chi connectivity index (χ4v) is 2.15. The minimum absolute atomic E-state index is 0.260. The van der Waals surface area contributed by atoms with Gasteiger partial charge in [-0.1, -0.05) is 23.4 Å². The molecule has 0 spiro atoms. The molecule has 5 nitrogen and oxygen atoms in total. The van der Waals surface area contributed by atoms with Crippen LogP contribution in [0.3, 0.4) is 0 Å². The maximum absolute atomic E-state index is 13.6. The summed E-state index contributed by atoms with van der Waals surface area (Å²) in [5.74, 6) is 0.477. The van der Waals surface area contributed by atoms with Crippen LogP contribution < -0.4 is 5.73 Å². The standard InChI is InChI=1S/C15H18FN3O2/c16-12-7-2-1-4-10(12)8-14-18-15(19-21-14)13(17)9-20-11-5-3-6-11/h1-2,4,7,11,13H,3,5-6,8-9,17H2. The summed E-state index contributed by atoms with van der Waals surface area (Å²) >= 11 is 0. The van der Waals surface area contributed by atoms with Gasteiger partial charge in [0, 0.05) is 0 Å². The summed E-state index contributed by atoms with van der Waals surface area (Å²) in [4.78, 5) is 4.22. The first-order valence-electron chi connectivity index (χ1n) is 7.15. The Morgan fingerprint density at radius 3 is 2.90 bits per heavy atom. The molecule has 3 rings (SSSR count). The first kappa shape index (κ1) is 14.2. The SMILES string of the molecule is NC(COC1CCC1)c1noc(Cc2ccccc2F)n1. The zero-order chi connectivity index (χ0) is 14.7. The van der Waals surface area contributed by atoms with Gasteiger partial charge < -0.3 is 15.0 Å². The van der Waals surface area contributed by atoms with Crippen molar-refractivity contribution in [1.29, 1.82) is 0 Å². The molecule has 1 aromatic heterocycles. The van der Waals surface area contributed by atoms with Crippen LogP contribution in [0.4, 0.5) is 4.39 Å². The molecule has 0 radical (unpaired) electrons. The fraction of sp³-hybridized carbons (Fsp3) is 0.467. The third-order valence-corrected chi connectivity index (χ3v) is 3.68. The molecule has 21 heavy (non-hydrogen) atoms.